The van der Waals surface area contributed by atoms with Crippen LogP contribution in [0.1, 0.15) is 44.9 Å². The Morgan fingerprint density at radius 2 is 1.88 bits per heavy atom. The van der Waals surface area contributed by atoms with E-state index in [2.05, 4.69) is 0 Å². The number of rotatable bonds is 1. The van der Waals surface area contributed by atoms with E-state index in [1.54, 1.807) is 0 Å². The first kappa shape index (κ1) is 11.7. The quantitative estimate of drug-likeness (QED) is 0.703. The molecule has 0 N–H and O–H groups in total. The van der Waals surface area contributed by atoms with E-state index in [0.29, 0.717) is 17.6 Å². The van der Waals surface area contributed by atoms with Crippen LogP contribution in [0.15, 0.2) is 0 Å². The summed E-state index contributed by atoms with van der Waals surface area (Å²) < 4.78 is 11.5. The molecule has 2 unspecified atom stereocenters. The molecule has 0 radical (unpaired) electrons. The average molecular weight is 238 g/mol. The minimum Gasteiger partial charge on any atom is -0.381 e. The molecular formula is C14H22O3. The Morgan fingerprint density at radius 3 is 2.59 bits per heavy atom. The molecule has 2 saturated heterocycles. The topological polar surface area (TPSA) is 35.5 Å². The third kappa shape index (κ3) is 2.41. The highest BCUT2D eigenvalue weighted by Crippen LogP contribution is 2.43. The molecule has 3 rings (SSSR count). The predicted octanol–water partition coefficient (Wildman–Crippen LogP) is 2.33. The molecule has 96 valence electrons. The molecular weight excluding hydrogens is 216 g/mol. The summed E-state index contributed by atoms with van der Waals surface area (Å²) >= 11 is 0. The molecule has 3 heteroatoms. The Bertz CT molecular complexity index is 288. The molecule has 17 heavy (non-hydrogen) atoms. The summed E-state index contributed by atoms with van der Waals surface area (Å²) in [5.74, 6) is 1.84. The van der Waals surface area contributed by atoms with Gasteiger partial charge in [0.05, 0.1) is 5.60 Å². The molecule has 1 saturated carbocycles. The van der Waals surface area contributed by atoms with Crippen molar-refractivity contribution < 1.29 is 14.3 Å². The van der Waals surface area contributed by atoms with Gasteiger partial charge in [0.1, 0.15) is 5.78 Å². The fourth-order valence-corrected chi connectivity index (χ4v) is 3.81. The van der Waals surface area contributed by atoms with Gasteiger partial charge in [-0.25, -0.2) is 0 Å². The first-order chi connectivity index (χ1) is 8.27. The summed E-state index contributed by atoms with van der Waals surface area (Å²) in [6.45, 7) is 2.57. The van der Waals surface area contributed by atoms with E-state index in [9.17, 15) is 4.79 Å². The normalized spacial score (nSPS) is 37.5. The van der Waals surface area contributed by atoms with E-state index in [4.69, 9.17) is 9.47 Å². The van der Waals surface area contributed by atoms with Crippen LogP contribution in [-0.4, -0.2) is 31.2 Å². The maximum atomic E-state index is 11.4. The van der Waals surface area contributed by atoms with Crippen molar-refractivity contribution in [2.45, 2.75) is 50.5 Å². The monoisotopic (exact) mass is 238 g/mol. The second-order valence-electron chi connectivity index (χ2n) is 5.94. The Morgan fingerprint density at radius 1 is 1.06 bits per heavy atom. The van der Waals surface area contributed by atoms with Gasteiger partial charge in [-0.15, -0.1) is 0 Å². The van der Waals surface area contributed by atoms with Crippen molar-refractivity contribution in [3.63, 3.8) is 0 Å². The summed E-state index contributed by atoms with van der Waals surface area (Å²) in [5.41, 5.74) is 0.0901. The zero-order valence-electron chi connectivity index (χ0n) is 10.5. The number of ether oxygens (including phenoxy) is 2. The van der Waals surface area contributed by atoms with Gasteiger partial charge in [0, 0.05) is 32.7 Å². The van der Waals surface area contributed by atoms with Crippen molar-refractivity contribution in [1.29, 1.82) is 0 Å². The van der Waals surface area contributed by atoms with Crippen LogP contribution in [0.4, 0.5) is 0 Å². The Kier molecular flexibility index (Phi) is 3.22. The standard InChI is InChI=1S/C14H22O3/c15-13-2-1-11(9-13)12-3-6-17-14(10-12)4-7-16-8-5-14/h11-12H,1-10H2. The minimum atomic E-state index is 0.0901. The molecule has 3 nitrogen and oxygen atoms in total. The zero-order chi connectivity index (χ0) is 11.7. The maximum absolute atomic E-state index is 11.4. The highest BCUT2D eigenvalue weighted by Gasteiger charge is 2.42. The summed E-state index contributed by atoms with van der Waals surface area (Å²) in [6.07, 6.45) is 7.18. The largest absolute Gasteiger partial charge is 0.381 e. The van der Waals surface area contributed by atoms with E-state index in [0.717, 1.165) is 64.8 Å². The number of carbonyl (C=O) groups excluding carboxylic acids is 1. The van der Waals surface area contributed by atoms with Crippen molar-refractivity contribution in [2.75, 3.05) is 19.8 Å². The van der Waals surface area contributed by atoms with Crippen molar-refractivity contribution in [1.82, 2.24) is 0 Å². The lowest BCUT2D eigenvalue weighted by molar-refractivity contribution is -0.152. The second kappa shape index (κ2) is 4.69. The van der Waals surface area contributed by atoms with Gasteiger partial charge in [-0.1, -0.05) is 0 Å². The summed E-state index contributed by atoms with van der Waals surface area (Å²) in [7, 11) is 0. The molecule has 0 aromatic carbocycles. The molecule has 3 fully saturated rings. The molecule has 2 heterocycles. The van der Waals surface area contributed by atoms with Crippen LogP contribution in [0.3, 0.4) is 0 Å². The van der Waals surface area contributed by atoms with E-state index in [-0.39, 0.29) is 5.60 Å². The first-order valence-electron chi connectivity index (χ1n) is 7.01. The number of Topliss-reactive ketones (excluding diaryl/α,β-unsaturated/α-hetero) is 1. The molecule has 0 bridgehead atoms. The molecule has 2 atom stereocenters. The molecule has 0 aromatic heterocycles. The zero-order valence-corrected chi connectivity index (χ0v) is 10.5. The van der Waals surface area contributed by atoms with Crippen LogP contribution in [0.2, 0.25) is 0 Å². The van der Waals surface area contributed by atoms with Crippen LogP contribution >= 0.6 is 0 Å². The van der Waals surface area contributed by atoms with E-state index >= 15 is 0 Å². The average Bonchev–Trinajstić information content (AvgIpc) is 2.77. The fourth-order valence-electron chi connectivity index (χ4n) is 3.81. The fraction of sp³-hybridized carbons (Fsp3) is 0.929. The van der Waals surface area contributed by atoms with Gasteiger partial charge >= 0.3 is 0 Å². The van der Waals surface area contributed by atoms with Gasteiger partial charge in [0.15, 0.2) is 0 Å². The first-order valence-corrected chi connectivity index (χ1v) is 7.01. The summed E-state index contributed by atoms with van der Waals surface area (Å²) in [5, 5.41) is 0. The Hall–Kier alpha value is -0.410. The van der Waals surface area contributed by atoms with E-state index in [1.165, 1.54) is 0 Å². The lowest BCUT2D eigenvalue weighted by atomic mass is 9.75. The number of carbonyl (C=O) groups is 1. The van der Waals surface area contributed by atoms with Crippen molar-refractivity contribution in [3.8, 4) is 0 Å². The van der Waals surface area contributed by atoms with Crippen molar-refractivity contribution in [2.24, 2.45) is 11.8 Å². The Labute approximate surface area is 103 Å². The van der Waals surface area contributed by atoms with E-state index < -0.39 is 0 Å². The lowest BCUT2D eigenvalue weighted by Crippen LogP contribution is -2.45. The third-order valence-corrected chi connectivity index (χ3v) is 4.89. The molecule has 3 aliphatic rings. The van der Waals surface area contributed by atoms with Gasteiger partial charge in [-0.3, -0.25) is 4.79 Å². The third-order valence-electron chi connectivity index (χ3n) is 4.89. The van der Waals surface area contributed by atoms with Gasteiger partial charge in [0.2, 0.25) is 0 Å². The lowest BCUT2D eigenvalue weighted by Gasteiger charge is -2.44. The van der Waals surface area contributed by atoms with Crippen molar-refractivity contribution >= 4 is 5.78 Å². The number of ketones is 1. The predicted molar refractivity (Wildman–Crippen MR) is 63.8 cm³/mol. The second-order valence-corrected chi connectivity index (χ2v) is 5.94. The minimum absolute atomic E-state index is 0.0901. The van der Waals surface area contributed by atoms with Gasteiger partial charge in [0.25, 0.3) is 0 Å². The number of hydrogen-bond donors (Lipinski definition) is 0. The molecule has 0 aromatic rings. The van der Waals surface area contributed by atoms with Crippen LogP contribution in [0.25, 0.3) is 0 Å². The SMILES string of the molecule is O=C1CCC(C2CCOC3(CCOCC3)C2)C1. The maximum Gasteiger partial charge on any atom is 0.133 e. The highest BCUT2D eigenvalue weighted by molar-refractivity contribution is 5.80. The highest BCUT2D eigenvalue weighted by atomic mass is 16.5. The number of hydrogen-bond acceptors (Lipinski definition) is 3. The molecule has 0 amide bonds. The van der Waals surface area contributed by atoms with Crippen molar-refractivity contribution in [3.05, 3.63) is 0 Å². The van der Waals surface area contributed by atoms with Crippen LogP contribution in [0, 0.1) is 11.8 Å². The van der Waals surface area contributed by atoms with E-state index in [1.807, 2.05) is 0 Å². The van der Waals surface area contributed by atoms with Gasteiger partial charge in [-0.05, 0) is 43.9 Å². The summed E-state index contributed by atoms with van der Waals surface area (Å²) in [6, 6.07) is 0. The molecule has 2 aliphatic heterocycles. The van der Waals surface area contributed by atoms with Gasteiger partial charge in [-0.2, -0.15) is 0 Å². The summed E-state index contributed by atoms with van der Waals surface area (Å²) in [4.78, 5) is 11.4. The smallest absolute Gasteiger partial charge is 0.133 e. The Balaban J connectivity index is 1.64. The van der Waals surface area contributed by atoms with Crippen LogP contribution < -0.4 is 0 Å². The van der Waals surface area contributed by atoms with Crippen LogP contribution in [-0.2, 0) is 14.3 Å². The molecule has 1 spiro atoms. The molecule has 1 aliphatic carbocycles. The van der Waals surface area contributed by atoms with Gasteiger partial charge < -0.3 is 9.47 Å². The van der Waals surface area contributed by atoms with Crippen LogP contribution in [0.5, 0.6) is 0 Å².